The number of sulfonamides is 1. The highest BCUT2D eigenvalue weighted by molar-refractivity contribution is 9.10. The minimum Gasteiger partial charge on any atom is -0.448 e. The average Bonchev–Trinajstić information content (AvgIpc) is 3.23. The maximum atomic E-state index is 12.6. The SMILES string of the molecule is O=C(NCC(c1ccccc1)c1ncco1)C1=NS(=O)(=O)c2cc(Br)ccc2N1. The molecular formula is C19H15BrN4O4S. The molecule has 1 aromatic heterocycles. The average molecular weight is 475 g/mol. The number of amides is 1. The van der Waals surface area contributed by atoms with Gasteiger partial charge in [-0.25, -0.2) is 4.98 Å². The molecule has 10 heteroatoms. The molecule has 0 saturated carbocycles. The van der Waals surface area contributed by atoms with Gasteiger partial charge < -0.3 is 15.1 Å². The van der Waals surface area contributed by atoms with Gasteiger partial charge in [0.1, 0.15) is 11.2 Å². The number of aromatic nitrogens is 1. The minimum atomic E-state index is -3.99. The summed E-state index contributed by atoms with van der Waals surface area (Å²) < 4.78 is 34.5. The number of fused-ring (bicyclic) bond motifs is 1. The van der Waals surface area contributed by atoms with E-state index in [2.05, 4.69) is 35.9 Å². The van der Waals surface area contributed by atoms with Crippen molar-refractivity contribution in [2.75, 3.05) is 11.9 Å². The van der Waals surface area contributed by atoms with Crippen LogP contribution < -0.4 is 10.6 Å². The van der Waals surface area contributed by atoms with Crippen LogP contribution in [0, 0.1) is 0 Å². The van der Waals surface area contributed by atoms with Crippen molar-refractivity contribution in [2.45, 2.75) is 10.8 Å². The van der Waals surface area contributed by atoms with Crippen molar-refractivity contribution < 1.29 is 17.6 Å². The monoisotopic (exact) mass is 474 g/mol. The lowest BCUT2D eigenvalue weighted by Crippen LogP contribution is -2.40. The van der Waals surface area contributed by atoms with Crippen LogP contribution in [0.3, 0.4) is 0 Å². The van der Waals surface area contributed by atoms with E-state index in [9.17, 15) is 13.2 Å². The molecule has 0 radical (unpaired) electrons. The quantitative estimate of drug-likeness (QED) is 0.587. The molecule has 0 saturated heterocycles. The molecule has 1 amide bonds. The molecule has 2 heterocycles. The first kappa shape index (κ1) is 19.3. The Hall–Kier alpha value is -2.98. The van der Waals surface area contributed by atoms with Crippen molar-refractivity contribution in [1.29, 1.82) is 0 Å². The van der Waals surface area contributed by atoms with Gasteiger partial charge >= 0.3 is 0 Å². The third-order valence-corrected chi connectivity index (χ3v) is 6.13. The van der Waals surface area contributed by atoms with Gasteiger partial charge in [0.25, 0.3) is 15.9 Å². The third-order valence-electron chi connectivity index (χ3n) is 4.32. The number of halogens is 1. The van der Waals surface area contributed by atoms with Gasteiger partial charge in [0, 0.05) is 11.0 Å². The van der Waals surface area contributed by atoms with Gasteiger partial charge in [0.15, 0.2) is 0 Å². The Kier molecular flexibility index (Phi) is 5.20. The standard InChI is InChI=1S/C19H15BrN4O4S/c20-13-6-7-15-16(10-13)29(26,27)24-17(23-15)18(25)22-11-14(19-21-8-9-28-19)12-4-2-1-3-5-12/h1-10,14H,11H2,(H,22,25)(H,23,24). The van der Waals surface area contributed by atoms with Gasteiger partial charge in [0.05, 0.1) is 17.8 Å². The molecule has 0 fully saturated rings. The fourth-order valence-electron chi connectivity index (χ4n) is 2.95. The fourth-order valence-corrected chi connectivity index (χ4v) is 4.60. The maximum absolute atomic E-state index is 12.6. The van der Waals surface area contributed by atoms with Crippen molar-refractivity contribution in [2.24, 2.45) is 4.40 Å². The van der Waals surface area contributed by atoms with Crippen molar-refractivity contribution >= 4 is 43.4 Å². The summed E-state index contributed by atoms with van der Waals surface area (Å²) in [7, 11) is -3.99. The second kappa shape index (κ2) is 7.80. The minimum absolute atomic E-state index is 0.00497. The van der Waals surface area contributed by atoms with E-state index in [4.69, 9.17) is 4.42 Å². The normalized spacial score (nSPS) is 15.6. The van der Waals surface area contributed by atoms with Crippen LogP contribution in [0.4, 0.5) is 5.69 Å². The summed E-state index contributed by atoms with van der Waals surface area (Å²) in [6.45, 7) is 0.150. The van der Waals surface area contributed by atoms with E-state index < -0.39 is 15.9 Å². The van der Waals surface area contributed by atoms with Gasteiger partial charge in [0.2, 0.25) is 11.7 Å². The van der Waals surface area contributed by atoms with E-state index in [1.807, 2.05) is 30.3 Å². The highest BCUT2D eigenvalue weighted by atomic mass is 79.9. The predicted octanol–water partition coefficient (Wildman–Crippen LogP) is 2.90. The Balaban J connectivity index is 1.55. The molecule has 0 aliphatic carbocycles. The van der Waals surface area contributed by atoms with Crippen LogP contribution in [0.5, 0.6) is 0 Å². The van der Waals surface area contributed by atoms with Crippen LogP contribution in [0.1, 0.15) is 17.4 Å². The summed E-state index contributed by atoms with van der Waals surface area (Å²) >= 11 is 3.23. The molecule has 8 nitrogen and oxygen atoms in total. The van der Waals surface area contributed by atoms with E-state index >= 15 is 0 Å². The summed E-state index contributed by atoms with van der Waals surface area (Å²) in [6, 6.07) is 14.1. The number of hydrogen-bond acceptors (Lipinski definition) is 6. The van der Waals surface area contributed by atoms with Crippen LogP contribution >= 0.6 is 15.9 Å². The third kappa shape index (κ3) is 4.08. The van der Waals surface area contributed by atoms with E-state index in [1.165, 1.54) is 18.5 Å². The van der Waals surface area contributed by atoms with Crippen LogP contribution in [0.25, 0.3) is 0 Å². The van der Waals surface area contributed by atoms with Crippen molar-refractivity contribution in [1.82, 2.24) is 10.3 Å². The van der Waals surface area contributed by atoms with Gasteiger partial charge in [-0.3, -0.25) is 4.79 Å². The van der Waals surface area contributed by atoms with Crippen LogP contribution in [-0.4, -0.2) is 31.7 Å². The number of nitrogens with zero attached hydrogens (tertiary/aromatic N) is 2. The molecule has 3 aromatic rings. The molecule has 2 aromatic carbocycles. The van der Waals surface area contributed by atoms with E-state index in [0.717, 1.165) is 5.56 Å². The van der Waals surface area contributed by atoms with Gasteiger partial charge in [-0.05, 0) is 23.8 Å². The van der Waals surface area contributed by atoms with Gasteiger partial charge in [-0.2, -0.15) is 8.42 Å². The Morgan fingerprint density at radius 3 is 2.72 bits per heavy atom. The maximum Gasteiger partial charge on any atom is 0.287 e. The highest BCUT2D eigenvalue weighted by Gasteiger charge is 2.29. The summed E-state index contributed by atoms with van der Waals surface area (Å²) in [5.74, 6) is -0.828. The number of oxazole rings is 1. The summed E-state index contributed by atoms with van der Waals surface area (Å²) in [4.78, 5) is 16.8. The van der Waals surface area contributed by atoms with Crippen LogP contribution in [0.15, 0.2) is 79.2 Å². The molecule has 4 rings (SSSR count). The zero-order valence-corrected chi connectivity index (χ0v) is 17.3. The Morgan fingerprint density at radius 2 is 2.00 bits per heavy atom. The molecule has 1 aliphatic rings. The summed E-state index contributed by atoms with van der Waals surface area (Å²) in [5.41, 5.74) is 1.19. The number of carbonyl (C=O) groups excluding carboxylic acids is 1. The first-order valence-corrected chi connectivity index (χ1v) is 10.8. The summed E-state index contributed by atoms with van der Waals surface area (Å²) in [6.07, 6.45) is 2.99. The highest BCUT2D eigenvalue weighted by Crippen LogP contribution is 2.30. The van der Waals surface area contributed by atoms with Gasteiger partial charge in [-0.1, -0.05) is 46.3 Å². The molecule has 148 valence electrons. The van der Waals surface area contributed by atoms with Gasteiger partial charge in [-0.15, -0.1) is 4.40 Å². The largest absolute Gasteiger partial charge is 0.448 e. The van der Waals surface area contributed by atoms with Crippen molar-refractivity contribution in [3.8, 4) is 0 Å². The zero-order chi connectivity index (χ0) is 20.4. The fraction of sp³-hybridized carbons (Fsp3) is 0.105. The number of amidine groups is 1. The molecule has 29 heavy (non-hydrogen) atoms. The topological polar surface area (TPSA) is 114 Å². The lowest BCUT2D eigenvalue weighted by Gasteiger charge is -2.19. The van der Waals surface area contributed by atoms with E-state index in [1.54, 1.807) is 12.1 Å². The van der Waals surface area contributed by atoms with Crippen molar-refractivity contribution in [3.63, 3.8) is 0 Å². The van der Waals surface area contributed by atoms with Crippen LogP contribution in [-0.2, 0) is 14.8 Å². The molecule has 0 bridgehead atoms. The first-order chi connectivity index (χ1) is 13.9. The smallest absolute Gasteiger partial charge is 0.287 e. The second-order valence-corrected chi connectivity index (χ2v) is 8.71. The number of benzene rings is 2. The summed E-state index contributed by atoms with van der Waals surface area (Å²) in [5, 5.41) is 5.49. The predicted molar refractivity (Wildman–Crippen MR) is 110 cm³/mol. The molecule has 0 spiro atoms. The number of carbonyl (C=O) groups is 1. The Morgan fingerprint density at radius 1 is 1.21 bits per heavy atom. The molecule has 2 N–H and O–H groups in total. The lowest BCUT2D eigenvalue weighted by molar-refractivity contribution is -0.114. The van der Waals surface area contributed by atoms with Crippen molar-refractivity contribution in [3.05, 3.63) is 76.9 Å². The van der Waals surface area contributed by atoms with Crippen LogP contribution in [0.2, 0.25) is 0 Å². The number of anilines is 1. The zero-order valence-electron chi connectivity index (χ0n) is 14.9. The molecule has 1 atom stereocenters. The lowest BCUT2D eigenvalue weighted by atomic mass is 9.99. The number of rotatable bonds is 5. The number of hydrogen-bond donors (Lipinski definition) is 2. The molecular weight excluding hydrogens is 460 g/mol. The first-order valence-electron chi connectivity index (χ1n) is 8.58. The Bertz CT molecular complexity index is 1180. The molecule has 1 unspecified atom stereocenters. The molecule has 1 aliphatic heterocycles. The second-order valence-electron chi connectivity index (χ2n) is 6.22. The van der Waals surface area contributed by atoms with E-state index in [-0.39, 0.29) is 23.2 Å². The van der Waals surface area contributed by atoms with E-state index in [0.29, 0.717) is 16.1 Å². The number of nitrogens with one attached hydrogen (secondary N) is 2. The Labute approximate surface area is 175 Å².